The van der Waals surface area contributed by atoms with E-state index in [9.17, 15) is 19.5 Å². The number of allylic oxidation sites excluding steroid dienone is 1. The van der Waals surface area contributed by atoms with Gasteiger partial charge in [-0.25, -0.2) is 4.68 Å². The number of aromatic nitrogens is 3. The Labute approximate surface area is 268 Å². The molecule has 2 aromatic carbocycles. The molecule has 3 saturated heterocycles. The normalized spacial score (nSPS) is 28.7. The Bertz CT molecular complexity index is 1640. The first-order chi connectivity index (χ1) is 22.2. The Hall–Kier alpha value is -4.35. The number of unbranched alkanes of at least 4 members (excludes halogenated alkanes) is 1. The van der Waals surface area contributed by atoms with Crippen LogP contribution in [0.25, 0.3) is 11.0 Å². The summed E-state index contributed by atoms with van der Waals surface area (Å²) in [6, 6.07) is 14.6. The number of amides is 2. The molecule has 3 unspecified atom stereocenters. The summed E-state index contributed by atoms with van der Waals surface area (Å²) < 4.78 is 14.2. The molecule has 3 aromatic rings. The molecule has 3 fully saturated rings. The van der Waals surface area contributed by atoms with Crippen LogP contribution in [0.3, 0.4) is 0 Å². The van der Waals surface area contributed by atoms with Crippen molar-refractivity contribution in [1.82, 2.24) is 24.8 Å². The van der Waals surface area contributed by atoms with Crippen LogP contribution in [0.4, 0.5) is 0 Å². The van der Waals surface area contributed by atoms with E-state index in [1.54, 1.807) is 21.7 Å². The van der Waals surface area contributed by atoms with Crippen LogP contribution in [0.2, 0.25) is 0 Å². The fourth-order valence-corrected chi connectivity index (χ4v) is 7.90. The van der Waals surface area contributed by atoms with Gasteiger partial charge >= 0.3 is 5.97 Å². The van der Waals surface area contributed by atoms with E-state index in [1.807, 2.05) is 68.4 Å². The SMILES string of the molecule is C=CCCCOC(=O)[C@@H]1[C@H]2C(=O)N([C@H](CO)c3ccccc3)C(C(=O)N(CC=C)Cn3nnc4ccccc43)C23CC(C)[C@@]1(C)O3. The Kier molecular flexibility index (Phi) is 8.56. The first-order valence-corrected chi connectivity index (χ1v) is 15.9. The molecule has 2 bridgehead atoms. The van der Waals surface area contributed by atoms with E-state index in [0.29, 0.717) is 30.3 Å². The van der Waals surface area contributed by atoms with Gasteiger partial charge in [0.15, 0.2) is 0 Å². The summed E-state index contributed by atoms with van der Waals surface area (Å²) in [6.45, 7) is 11.4. The molecule has 11 heteroatoms. The summed E-state index contributed by atoms with van der Waals surface area (Å²) >= 11 is 0. The zero-order valence-electron chi connectivity index (χ0n) is 26.3. The van der Waals surface area contributed by atoms with Gasteiger partial charge in [-0.05, 0) is 49.8 Å². The fourth-order valence-electron chi connectivity index (χ4n) is 7.90. The third-order valence-corrected chi connectivity index (χ3v) is 10.1. The second-order valence-corrected chi connectivity index (χ2v) is 12.7. The first-order valence-electron chi connectivity index (χ1n) is 15.9. The van der Waals surface area contributed by atoms with Gasteiger partial charge in [0.1, 0.15) is 29.7 Å². The minimum absolute atomic E-state index is 0.0430. The van der Waals surface area contributed by atoms with Gasteiger partial charge < -0.3 is 24.4 Å². The Morgan fingerprint density at radius 2 is 1.91 bits per heavy atom. The molecule has 1 N–H and O–H groups in total. The smallest absolute Gasteiger partial charge is 0.312 e. The Balaban J connectivity index is 1.44. The molecule has 1 aromatic heterocycles. The number of carbonyl (C=O) groups excluding carboxylic acids is 3. The molecule has 3 aliphatic rings. The molecule has 6 rings (SSSR count). The second kappa shape index (κ2) is 12.4. The number of aliphatic hydroxyl groups is 1. The lowest BCUT2D eigenvalue weighted by atomic mass is 9.62. The molecule has 7 atom stereocenters. The Morgan fingerprint density at radius 1 is 1.17 bits per heavy atom. The molecule has 2 amide bonds. The average molecular weight is 628 g/mol. The highest BCUT2D eigenvalue weighted by atomic mass is 16.6. The maximum Gasteiger partial charge on any atom is 0.312 e. The number of ether oxygens (including phenoxy) is 2. The van der Waals surface area contributed by atoms with Gasteiger partial charge in [-0.15, -0.1) is 18.3 Å². The van der Waals surface area contributed by atoms with Crippen molar-refractivity contribution in [3.8, 4) is 0 Å². The van der Waals surface area contributed by atoms with Gasteiger partial charge in [-0.2, -0.15) is 0 Å². The number of nitrogens with zero attached hydrogens (tertiary/aromatic N) is 5. The van der Waals surface area contributed by atoms with E-state index in [4.69, 9.17) is 9.47 Å². The minimum atomic E-state index is -1.32. The summed E-state index contributed by atoms with van der Waals surface area (Å²) in [7, 11) is 0. The number of para-hydroxylation sites is 1. The van der Waals surface area contributed by atoms with E-state index >= 15 is 0 Å². The number of esters is 1. The molecular formula is C35H41N5O6. The van der Waals surface area contributed by atoms with Gasteiger partial charge in [0.05, 0.1) is 36.3 Å². The largest absolute Gasteiger partial charge is 0.465 e. The number of benzene rings is 2. The summed E-state index contributed by atoms with van der Waals surface area (Å²) in [4.78, 5) is 46.6. The van der Waals surface area contributed by atoms with Crippen molar-refractivity contribution in [2.75, 3.05) is 19.8 Å². The fraction of sp³-hybridized carbons (Fsp3) is 0.457. The summed E-state index contributed by atoms with van der Waals surface area (Å²) in [5, 5.41) is 19.3. The maximum absolute atomic E-state index is 15.0. The zero-order valence-corrected chi connectivity index (χ0v) is 26.3. The average Bonchev–Trinajstić information content (AvgIpc) is 3.73. The number of hydrogen-bond acceptors (Lipinski definition) is 8. The highest BCUT2D eigenvalue weighted by molar-refractivity contribution is 5.99. The quantitative estimate of drug-likeness (QED) is 0.173. The van der Waals surface area contributed by atoms with Crippen molar-refractivity contribution < 1.29 is 29.0 Å². The van der Waals surface area contributed by atoms with Crippen molar-refractivity contribution in [2.45, 2.75) is 63.1 Å². The Morgan fingerprint density at radius 3 is 2.63 bits per heavy atom. The van der Waals surface area contributed by atoms with Crippen LogP contribution < -0.4 is 0 Å². The van der Waals surface area contributed by atoms with Crippen LogP contribution in [0, 0.1) is 17.8 Å². The van der Waals surface area contributed by atoms with Crippen molar-refractivity contribution in [3.05, 3.63) is 85.5 Å². The summed E-state index contributed by atoms with van der Waals surface area (Å²) in [6.07, 6.45) is 5.06. The maximum atomic E-state index is 15.0. The van der Waals surface area contributed by atoms with Crippen LogP contribution in [-0.4, -0.2) is 84.7 Å². The molecule has 0 aliphatic carbocycles. The molecule has 3 aliphatic heterocycles. The third kappa shape index (κ3) is 4.93. The summed E-state index contributed by atoms with van der Waals surface area (Å²) in [5.41, 5.74) is -0.242. The van der Waals surface area contributed by atoms with Crippen molar-refractivity contribution in [2.24, 2.45) is 17.8 Å². The molecule has 11 nitrogen and oxygen atoms in total. The van der Waals surface area contributed by atoms with Gasteiger partial charge in [0, 0.05) is 6.54 Å². The molecule has 242 valence electrons. The number of rotatable bonds is 13. The molecule has 4 heterocycles. The molecule has 1 spiro atoms. The number of fused-ring (bicyclic) bond motifs is 2. The monoisotopic (exact) mass is 627 g/mol. The number of hydrogen-bond donors (Lipinski definition) is 1. The van der Waals surface area contributed by atoms with Crippen LogP contribution >= 0.6 is 0 Å². The predicted molar refractivity (Wildman–Crippen MR) is 170 cm³/mol. The molecule has 0 saturated carbocycles. The highest BCUT2D eigenvalue weighted by Gasteiger charge is 2.80. The zero-order chi connectivity index (χ0) is 32.6. The number of carbonyl (C=O) groups is 3. The highest BCUT2D eigenvalue weighted by Crippen LogP contribution is 2.66. The number of aliphatic hydroxyl groups excluding tert-OH is 1. The van der Waals surface area contributed by atoms with Gasteiger partial charge in [-0.3, -0.25) is 14.4 Å². The standard InChI is InChI=1S/C35H41N5O6/c1-5-7-13-19-45-33(44)29-28-31(42)40(27(21-41)24-14-9-8-10-15-24)30(35(28)20-23(3)34(29,4)46-35)32(43)38(18-6-2)22-39-26-17-12-11-16-25(26)36-37-39/h5-6,8-12,14-17,23,27-30,41H,1-2,7,13,18-22H2,3-4H3/t23?,27-,28+,29+,30?,34-,35?/m1/s1. The number of likely N-dealkylation sites (tertiary alicyclic amines) is 1. The summed E-state index contributed by atoms with van der Waals surface area (Å²) in [5.74, 6) is -3.35. The molecule has 46 heavy (non-hydrogen) atoms. The van der Waals surface area contributed by atoms with Crippen molar-refractivity contribution in [1.29, 1.82) is 0 Å². The van der Waals surface area contributed by atoms with Crippen LogP contribution in [0.1, 0.15) is 44.7 Å². The first kappa shape index (κ1) is 31.6. The van der Waals surface area contributed by atoms with Gasteiger partial charge in [0.2, 0.25) is 11.8 Å². The second-order valence-electron chi connectivity index (χ2n) is 12.7. The minimum Gasteiger partial charge on any atom is -0.465 e. The van der Waals surface area contributed by atoms with Crippen LogP contribution in [-0.2, 0) is 30.5 Å². The van der Waals surface area contributed by atoms with Crippen LogP contribution in [0.15, 0.2) is 79.9 Å². The van der Waals surface area contributed by atoms with Crippen molar-refractivity contribution >= 4 is 28.8 Å². The lowest BCUT2D eigenvalue weighted by molar-refractivity contribution is -0.164. The predicted octanol–water partition coefficient (Wildman–Crippen LogP) is 3.66. The lowest BCUT2D eigenvalue weighted by Gasteiger charge is -2.39. The van der Waals surface area contributed by atoms with Gasteiger partial charge in [-0.1, -0.05) is 66.8 Å². The topological polar surface area (TPSA) is 127 Å². The lowest BCUT2D eigenvalue weighted by Crippen LogP contribution is -2.57. The molecule has 0 radical (unpaired) electrons. The van der Waals surface area contributed by atoms with Crippen molar-refractivity contribution in [3.63, 3.8) is 0 Å². The third-order valence-electron chi connectivity index (χ3n) is 10.1. The molecular weight excluding hydrogens is 586 g/mol. The van der Waals surface area contributed by atoms with Gasteiger partial charge in [0.25, 0.3) is 0 Å². The van der Waals surface area contributed by atoms with E-state index in [1.165, 1.54) is 4.90 Å². The van der Waals surface area contributed by atoms with Crippen LogP contribution in [0.5, 0.6) is 0 Å². The van der Waals surface area contributed by atoms with E-state index < -0.39 is 53.6 Å². The van der Waals surface area contributed by atoms with E-state index in [-0.39, 0.29) is 31.6 Å². The van der Waals surface area contributed by atoms with E-state index in [0.717, 1.165) is 5.52 Å². The van der Waals surface area contributed by atoms with E-state index in [2.05, 4.69) is 23.5 Å².